The molecule has 29 heavy (non-hydrogen) atoms. The molecule has 7 heteroatoms. The Morgan fingerprint density at radius 2 is 1.86 bits per heavy atom. The molecule has 0 radical (unpaired) electrons. The lowest BCUT2D eigenvalue weighted by Crippen LogP contribution is -2.40. The molecule has 2 aromatic carbocycles. The second-order valence-corrected chi connectivity index (χ2v) is 9.10. The normalized spacial score (nSPS) is 19.9. The van der Waals surface area contributed by atoms with E-state index in [2.05, 4.69) is 11.2 Å². The fraction of sp³-hybridized carbons (Fsp3) is 0.136. The summed E-state index contributed by atoms with van der Waals surface area (Å²) in [6.07, 6.45) is 11.8. The van der Waals surface area contributed by atoms with Crippen molar-refractivity contribution in [1.29, 1.82) is 0 Å². The number of rotatable bonds is 6. The molecule has 5 nitrogen and oxygen atoms in total. The number of hydrogen-bond acceptors (Lipinski definition) is 4. The van der Waals surface area contributed by atoms with Gasteiger partial charge in [0.15, 0.2) is 0 Å². The van der Waals surface area contributed by atoms with E-state index in [9.17, 15) is 8.42 Å². The third kappa shape index (κ3) is 3.67. The average Bonchev–Trinajstić information content (AvgIpc) is 3.13. The molecule has 1 atom stereocenters. The largest absolute Gasteiger partial charge is 0.492 e. The van der Waals surface area contributed by atoms with Crippen molar-refractivity contribution in [2.75, 3.05) is 6.61 Å². The lowest BCUT2D eigenvalue weighted by molar-refractivity contribution is -0.743. The van der Waals surface area contributed by atoms with Crippen LogP contribution in [0.2, 0.25) is 5.02 Å². The first-order chi connectivity index (χ1) is 13.9. The summed E-state index contributed by atoms with van der Waals surface area (Å²) in [7, 11) is -3.76. The standard InChI is InChI=1S/C22H20ClN2O3S/c1-2-28-20-11-8-18(23)15-21(20)29(26,27)19-9-6-17(7-10-19)16-25-13-4-3-5-22(25)24-12-14-25/h3-15H,2,16H2,1H3/q+1. The van der Waals surface area contributed by atoms with Crippen molar-refractivity contribution < 1.29 is 17.6 Å². The summed E-state index contributed by atoms with van der Waals surface area (Å²) in [5.74, 6) is 1.23. The minimum atomic E-state index is -3.76. The molecule has 2 aliphatic rings. The monoisotopic (exact) mass is 427 g/mol. The Kier molecular flexibility index (Phi) is 5.17. The van der Waals surface area contributed by atoms with Crippen LogP contribution in [0.3, 0.4) is 0 Å². The van der Waals surface area contributed by atoms with Crippen molar-refractivity contribution in [3.8, 4) is 5.75 Å². The van der Waals surface area contributed by atoms with Gasteiger partial charge in [-0.15, -0.1) is 0 Å². The summed E-state index contributed by atoms with van der Waals surface area (Å²) in [6.45, 7) is 2.82. The maximum Gasteiger partial charge on any atom is 0.237 e. The van der Waals surface area contributed by atoms with E-state index in [4.69, 9.17) is 16.3 Å². The number of halogens is 1. The molecular formula is C22H20ClN2O3S+. The molecule has 0 saturated heterocycles. The Bertz CT molecular complexity index is 1170. The van der Waals surface area contributed by atoms with Gasteiger partial charge >= 0.3 is 0 Å². The number of benzene rings is 2. The number of sulfone groups is 1. The first-order valence-corrected chi connectivity index (χ1v) is 11.1. The highest BCUT2D eigenvalue weighted by atomic mass is 35.5. The first-order valence-electron chi connectivity index (χ1n) is 9.20. The number of hydrogen-bond donors (Lipinski definition) is 0. The predicted molar refractivity (Wildman–Crippen MR) is 113 cm³/mol. The van der Waals surface area contributed by atoms with Crippen molar-refractivity contribution in [2.45, 2.75) is 23.3 Å². The molecule has 2 aromatic rings. The number of aliphatic imine (C=N–C) groups is 1. The third-order valence-corrected chi connectivity index (χ3v) is 6.87. The second-order valence-electron chi connectivity index (χ2n) is 6.75. The van der Waals surface area contributed by atoms with Crippen LogP contribution in [0.25, 0.3) is 0 Å². The number of ether oxygens (including phenoxy) is 1. The van der Waals surface area contributed by atoms with Crippen molar-refractivity contribution in [3.63, 3.8) is 0 Å². The Labute approximate surface area is 175 Å². The molecule has 0 bridgehead atoms. The molecule has 2 heterocycles. The number of quaternary nitrogens is 1. The molecule has 0 aliphatic carbocycles. The summed E-state index contributed by atoms with van der Waals surface area (Å²) in [6, 6.07) is 11.5. The van der Waals surface area contributed by atoms with Gasteiger partial charge in [-0.3, -0.25) is 0 Å². The minimum Gasteiger partial charge on any atom is -0.492 e. The quantitative estimate of drug-likeness (QED) is 0.619. The summed E-state index contributed by atoms with van der Waals surface area (Å²) in [5, 5.41) is 0.344. The fourth-order valence-corrected chi connectivity index (χ4v) is 5.08. The minimum absolute atomic E-state index is 0.0717. The van der Waals surface area contributed by atoms with Crippen molar-refractivity contribution >= 4 is 27.3 Å². The summed E-state index contributed by atoms with van der Waals surface area (Å²) in [4.78, 5) is 4.68. The Balaban J connectivity index is 1.64. The number of fused-ring (bicyclic) bond motifs is 1. The van der Waals surface area contributed by atoms with Crippen LogP contribution < -0.4 is 4.74 Å². The van der Waals surface area contributed by atoms with Gasteiger partial charge in [0.1, 0.15) is 29.6 Å². The van der Waals surface area contributed by atoms with E-state index in [-0.39, 0.29) is 9.79 Å². The summed E-state index contributed by atoms with van der Waals surface area (Å²) < 4.78 is 32.3. The maximum absolute atomic E-state index is 13.2. The van der Waals surface area contributed by atoms with Gasteiger partial charge in [-0.2, -0.15) is 4.99 Å². The Hall–Kier alpha value is -2.67. The van der Waals surface area contributed by atoms with Gasteiger partial charge in [-0.1, -0.05) is 23.7 Å². The highest BCUT2D eigenvalue weighted by Crippen LogP contribution is 2.33. The van der Waals surface area contributed by atoms with Crippen LogP contribution in [0.1, 0.15) is 12.5 Å². The van der Waals surface area contributed by atoms with E-state index in [1.165, 1.54) is 6.07 Å². The van der Waals surface area contributed by atoms with Gasteiger partial charge < -0.3 is 4.74 Å². The van der Waals surface area contributed by atoms with E-state index in [0.29, 0.717) is 28.4 Å². The van der Waals surface area contributed by atoms with Gasteiger partial charge in [0.2, 0.25) is 15.7 Å². The molecule has 4 rings (SSSR count). The van der Waals surface area contributed by atoms with Crippen molar-refractivity contribution in [1.82, 2.24) is 0 Å². The van der Waals surface area contributed by atoms with Gasteiger partial charge in [0.25, 0.3) is 0 Å². The van der Waals surface area contributed by atoms with Gasteiger partial charge in [-0.05, 0) is 49.4 Å². The Morgan fingerprint density at radius 1 is 1.07 bits per heavy atom. The smallest absolute Gasteiger partial charge is 0.237 e. The van der Waals surface area contributed by atoms with Crippen molar-refractivity contribution in [3.05, 3.63) is 89.9 Å². The number of amidine groups is 1. The number of allylic oxidation sites excluding steroid dienone is 2. The third-order valence-electron chi connectivity index (χ3n) is 4.85. The van der Waals surface area contributed by atoms with Gasteiger partial charge in [0.05, 0.1) is 17.7 Å². The lowest BCUT2D eigenvalue weighted by atomic mass is 10.1. The summed E-state index contributed by atoms with van der Waals surface area (Å²) in [5.41, 5.74) is 0.999. The molecule has 0 amide bonds. The van der Waals surface area contributed by atoms with E-state index < -0.39 is 9.84 Å². The SMILES string of the molecule is CCOc1ccc(Cl)cc1S(=O)(=O)c1ccc(C[N+]23C=CC=CC2=NC=C3)cc1. The molecule has 0 N–H and O–H groups in total. The Morgan fingerprint density at radius 3 is 2.62 bits per heavy atom. The molecule has 148 valence electrons. The van der Waals surface area contributed by atoms with Crippen LogP contribution in [0, 0.1) is 0 Å². The van der Waals surface area contributed by atoms with Crippen LogP contribution >= 0.6 is 11.6 Å². The molecule has 0 fully saturated rings. The van der Waals surface area contributed by atoms with Gasteiger partial charge in [0, 0.05) is 16.7 Å². The zero-order chi connectivity index (χ0) is 20.5. The topological polar surface area (TPSA) is 55.7 Å². The zero-order valence-corrected chi connectivity index (χ0v) is 17.4. The fourth-order valence-electron chi connectivity index (χ4n) is 3.42. The zero-order valence-electron chi connectivity index (χ0n) is 15.8. The van der Waals surface area contributed by atoms with Crippen LogP contribution in [-0.2, 0) is 16.4 Å². The first kappa shape index (κ1) is 19.6. The second kappa shape index (κ2) is 7.63. The number of nitrogens with zero attached hydrogens (tertiary/aromatic N) is 2. The molecule has 0 aromatic heterocycles. The van der Waals surface area contributed by atoms with Crippen LogP contribution in [0.15, 0.2) is 94.1 Å². The van der Waals surface area contributed by atoms with Crippen LogP contribution in [-0.4, -0.2) is 25.3 Å². The van der Waals surface area contributed by atoms with E-state index in [1.807, 2.05) is 36.6 Å². The lowest BCUT2D eigenvalue weighted by Gasteiger charge is -2.28. The predicted octanol–water partition coefficient (Wildman–Crippen LogP) is 4.86. The van der Waals surface area contributed by atoms with Crippen LogP contribution in [0.4, 0.5) is 0 Å². The molecule has 0 saturated carbocycles. The van der Waals surface area contributed by atoms with E-state index in [0.717, 1.165) is 11.4 Å². The molecular weight excluding hydrogens is 408 g/mol. The molecule has 2 aliphatic heterocycles. The van der Waals surface area contributed by atoms with Crippen molar-refractivity contribution in [2.24, 2.45) is 4.99 Å². The highest BCUT2D eigenvalue weighted by molar-refractivity contribution is 7.91. The highest BCUT2D eigenvalue weighted by Gasteiger charge is 2.33. The summed E-state index contributed by atoms with van der Waals surface area (Å²) >= 11 is 6.04. The van der Waals surface area contributed by atoms with Gasteiger partial charge in [-0.25, -0.2) is 12.9 Å². The molecule has 1 unspecified atom stereocenters. The molecule has 0 spiro atoms. The average molecular weight is 428 g/mol. The van der Waals surface area contributed by atoms with Crippen LogP contribution in [0.5, 0.6) is 5.75 Å². The van der Waals surface area contributed by atoms with E-state index >= 15 is 0 Å². The maximum atomic E-state index is 13.2. The van der Waals surface area contributed by atoms with E-state index in [1.54, 1.807) is 37.4 Å².